The lowest BCUT2D eigenvalue weighted by Crippen LogP contribution is -2.20. The van der Waals surface area contributed by atoms with Crippen LogP contribution in [0.1, 0.15) is 18.1 Å². The smallest absolute Gasteiger partial charge is 0.266 e. The van der Waals surface area contributed by atoms with Crippen LogP contribution in [0.15, 0.2) is 64.6 Å². The highest BCUT2D eigenvalue weighted by Gasteiger charge is 2.16. The number of aryl methyl sites for hydroxylation is 1. The van der Waals surface area contributed by atoms with E-state index in [2.05, 4.69) is 26.6 Å². The number of aromatic hydroxyl groups is 1. The summed E-state index contributed by atoms with van der Waals surface area (Å²) in [5, 5.41) is 24.8. The first kappa shape index (κ1) is 27.6. The summed E-state index contributed by atoms with van der Waals surface area (Å²) in [4.78, 5) is 25.0. The number of anilines is 2. The number of hydrogen-bond donors (Lipinski definition) is 3. The maximum absolute atomic E-state index is 12.6. The molecule has 3 aromatic carbocycles. The Morgan fingerprint density at radius 1 is 1.08 bits per heavy atom. The summed E-state index contributed by atoms with van der Waals surface area (Å²) in [6.45, 7) is 3.68. The molecule has 190 valence electrons. The maximum atomic E-state index is 12.6. The fourth-order valence-electron chi connectivity index (χ4n) is 3.14. The number of carbonyl (C=O) groups excluding carboxylic acids is 2. The lowest BCUT2D eigenvalue weighted by Gasteiger charge is -2.15. The van der Waals surface area contributed by atoms with E-state index in [1.165, 1.54) is 30.3 Å². The largest absolute Gasteiger partial charge is 0.508 e. The lowest BCUT2D eigenvalue weighted by molar-refractivity contribution is -0.118. The van der Waals surface area contributed by atoms with E-state index in [-0.39, 0.29) is 17.9 Å². The van der Waals surface area contributed by atoms with Crippen molar-refractivity contribution in [3.05, 3.63) is 80.8 Å². The van der Waals surface area contributed by atoms with Gasteiger partial charge in [-0.05, 0) is 95.5 Å². The van der Waals surface area contributed by atoms with Crippen LogP contribution in [0.2, 0.25) is 5.02 Å². The summed E-state index contributed by atoms with van der Waals surface area (Å²) in [6.07, 6.45) is 1.40. The molecule has 0 aliphatic heterocycles. The fourth-order valence-corrected chi connectivity index (χ4v) is 3.89. The van der Waals surface area contributed by atoms with Crippen LogP contribution in [0.3, 0.4) is 0 Å². The molecule has 0 aliphatic rings. The molecular formula is C27H23BrClN3O5. The number of ether oxygens (including phenoxy) is 2. The van der Waals surface area contributed by atoms with Crippen molar-refractivity contribution in [2.24, 2.45) is 0 Å². The minimum absolute atomic E-state index is 0.0571. The SMILES string of the molecule is CCOc1cc(/C=C(\C#N)C(=O)Nc2ccc(O)cc2)cc(Br)c1OCC(=O)Nc1ccc(C)c(Cl)c1. The number of nitrogens with one attached hydrogen (secondary N) is 2. The van der Waals surface area contributed by atoms with Crippen LogP contribution in [0.25, 0.3) is 6.08 Å². The van der Waals surface area contributed by atoms with Crippen LogP contribution in [-0.2, 0) is 9.59 Å². The average Bonchev–Trinajstić information content (AvgIpc) is 2.85. The topological polar surface area (TPSA) is 121 Å². The van der Waals surface area contributed by atoms with E-state index >= 15 is 0 Å². The maximum Gasteiger partial charge on any atom is 0.266 e. The van der Waals surface area contributed by atoms with Crippen molar-refractivity contribution in [2.75, 3.05) is 23.8 Å². The van der Waals surface area contributed by atoms with Crippen molar-refractivity contribution in [3.8, 4) is 23.3 Å². The molecular weight excluding hydrogens is 562 g/mol. The number of rotatable bonds is 9. The van der Waals surface area contributed by atoms with Crippen molar-refractivity contribution in [2.45, 2.75) is 13.8 Å². The quantitative estimate of drug-likeness (QED) is 0.159. The van der Waals surface area contributed by atoms with Gasteiger partial charge in [0.25, 0.3) is 11.8 Å². The van der Waals surface area contributed by atoms with Crippen LogP contribution in [0, 0.1) is 18.3 Å². The Morgan fingerprint density at radius 2 is 1.78 bits per heavy atom. The molecule has 0 fully saturated rings. The van der Waals surface area contributed by atoms with Gasteiger partial charge in [0.05, 0.1) is 11.1 Å². The van der Waals surface area contributed by atoms with Crippen molar-refractivity contribution < 1.29 is 24.2 Å². The number of halogens is 2. The van der Waals surface area contributed by atoms with E-state index in [0.717, 1.165) is 5.56 Å². The van der Waals surface area contributed by atoms with Crippen LogP contribution in [-0.4, -0.2) is 30.1 Å². The highest BCUT2D eigenvalue weighted by atomic mass is 79.9. The Labute approximate surface area is 227 Å². The molecule has 0 saturated carbocycles. The molecule has 0 unspecified atom stereocenters. The molecule has 0 spiro atoms. The second-order valence-electron chi connectivity index (χ2n) is 7.73. The molecule has 2 amide bonds. The number of phenols is 1. The normalized spacial score (nSPS) is 10.8. The Hall–Kier alpha value is -4.00. The van der Waals surface area contributed by atoms with Gasteiger partial charge in [-0.3, -0.25) is 9.59 Å². The predicted molar refractivity (Wildman–Crippen MR) is 146 cm³/mol. The molecule has 0 saturated heterocycles. The predicted octanol–water partition coefficient (Wildman–Crippen LogP) is 6.08. The van der Waals surface area contributed by atoms with Crippen molar-refractivity contribution in [1.29, 1.82) is 5.26 Å². The zero-order valence-corrected chi connectivity index (χ0v) is 22.3. The molecule has 0 aromatic heterocycles. The third-order valence-corrected chi connectivity index (χ3v) is 5.93. The Bertz CT molecular complexity index is 1380. The van der Waals surface area contributed by atoms with Gasteiger partial charge in [0.2, 0.25) is 0 Å². The number of carbonyl (C=O) groups is 2. The van der Waals surface area contributed by atoms with Gasteiger partial charge < -0.3 is 25.2 Å². The average molecular weight is 585 g/mol. The highest BCUT2D eigenvalue weighted by molar-refractivity contribution is 9.10. The van der Waals surface area contributed by atoms with Crippen LogP contribution in [0.5, 0.6) is 17.2 Å². The zero-order valence-electron chi connectivity index (χ0n) is 20.0. The monoisotopic (exact) mass is 583 g/mol. The molecule has 10 heteroatoms. The second-order valence-corrected chi connectivity index (χ2v) is 9.00. The minimum Gasteiger partial charge on any atom is -0.508 e. The molecule has 0 heterocycles. The summed E-state index contributed by atoms with van der Waals surface area (Å²) in [7, 11) is 0. The molecule has 0 bridgehead atoms. The standard InChI is InChI=1S/C27H23BrClN3O5/c1-3-36-24-12-17(10-18(14-30)27(35)32-19-6-8-21(33)9-7-19)11-22(28)26(24)37-15-25(34)31-20-5-4-16(2)23(29)13-20/h4-13,33H,3,15H2,1-2H3,(H,31,34)(H,32,35)/b18-10+. The van der Waals surface area contributed by atoms with Crippen LogP contribution >= 0.6 is 27.5 Å². The summed E-state index contributed by atoms with van der Waals surface area (Å²) >= 11 is 9.53. The van der Waals surface area contributed by atoms with Crippen LogP contribution < -0.4 is 20.1 Å². The Morgan fingerprint density at radius 3 is 2.43 bits per heavy atom. The van der Waals surface area contributed by atoms with Gasteiger partial charge in [0, 0.05) is 16.4 Å². The minimum atomic E-state index is -0.615. The van der Waals surface area contributed by atoms with E-state index < -0.39 is 11.8 Å². The van der Waals surface area contributed by atoms with Gasteiger partial charge in [0.1, 0.15) is 17.4 Å². The van der Waals surface area contributed by atoms with E-state index in [4.69, 9.17) is 21.1 Å². The van der Waals surface area contributed by atoms with Gasteiger partial charge in [-0.25, -0.2) is 0 Å². The third kappa shape index (κ3) is 7.74. The van der Waals surface area contributed by atoms with Crippen molar-refractivity contribution in [1.82, 2.24) is 0 Å². The molecule has 0 radical (unpaired) electrons. The molecule has 0 atom stereocenters. The van der Waals surface area contributed by atoms with Gasteiger partial charge in [-0.15, -0.1) is 0 Å². The summed E-state index contributed by atoms with van der Waals surface area (Å²) in [5.41, 5.74) is 2.22. The summed E-state index contributed by atoms with van der Waals surface area (Å²) < 4.78 is 11.9. The molecule has 8 nitrogen and oxygen atoms in total. The molecule has 3 N–H and O–H groups in total. The van der Waals surface area contributed by atoms with E-state index in [1.54, 1.807) is 37.3 Å². The highest BCUT2D eigenvalue weighted by Crippen LogP contribution is 2.37. The van der Waals surface area contributed by atoms with Gasteiger partial charge >= 0.3 is 0 Å². The van der Waals surface area contributed by atoms with Gasteiger partial charge in [0.15, 0.2) is 18.1 Å². The summed E-state index contributed by atoms with van der Waals surface area (Å²) in [6, 6.07) is 16.2. The fraction of sp³-hybridized carbons (Fsp3) is 0.148. The zero-order chi connectivity index (χ0) is 26.9. The van der Waals surface area contributed by atoms with Crippen molar-refractivity contribution >= 4 is 56.8 Å². The first-order valence-electron chi connectivity index (χ1n) is 11.1. The number of nitrogens with zero attached hydrogens (tertiary/aromatic N) is 1. The molecule has 3 rings (SSSR count). The van der Waals surface area contributed by atoms with Crippen molar-refractivity contribution in [3.63, 3.8) is 0 Å². The molecule has 3 aromatic rings. The van der Waals surface area contributed by atoms with E-state index in [1.807, 2.05) is 13.0 Å². The molecule has 0 aliphatic carbocycles. The number of hydrogen-bond acceptors (Lipinski definition) is 6. The number of phenolic OH excluding ortho intramolecular Hbond substituents is 1. The first-order valence-corrected chi connectivity index (χ1v) is 12.2. The Balaban J connectivity index is 1.76. The van der Waals surface area contributed by atoms with E-state index in [9.17, 15) is 20.0 Å². The summed E-state index contributed by atoms with van der Waals surface area (Å²) in [5.74, 6) is -0.332. The third-order valence-electron chi connectivity index (χ3n) is 4.94. The first-order chi connectivity index (χ1) is 17.7. The lowest BCUT2D eigenvalue weighted by atomic mass is 10.1. The number of benzene rings is 3. The van der Waals surface area contributed by atoms with Crippen LogP contribution in [0.4, 0.5) is 11.4 Å². The number of nitriles is 1. The van der Waals surface area contributed by atoms with E-state index in [0.29, 0.717) is 44.5 Å². The Kier molecular flexibility index (Phi) is 9.55. The second kappa shape index (κ2) is 12.8. The molecule has 37 heavy (non-hydrogen) atoms. The number of amides is 2. The van der Waals surface area contributed by atoms with Gasteiger partial charge in [-0.1, -0.05) is 17.7 Å². The van der Waals surface area contributed by atoms with Gasteiger partial charge in [-0.2, -0.15) is 5.26 Å².